The van der Waals surface area contributed by atoms with Crippen molar-refractivity contribution in [3.05, 3.63) is 29.6 Å². The van der Waals surface area contributed by atoms with Gasteiger partial charge in [0, 0.05) is 37.3 Å². The van der Waals surface area contributed by atoms with Crippen molar-refractivity contribution < 1.29 is 9.59 Å². The minimum atomic E-state index is 0.0442. The van der Waals surface area contributed by atoms with Crippen LogP contribution >= 0.6 is 0 Å². The SMILES string of the molecule is Cc1ccncc1C(=O)N1CCCCCC1C1CCCCC1=O. The minimum Gasteiger partial charge on any atom is -0.335 e. The van der Waals surface area contributed by atoms with Gasteiger partial charge >= 0.3 is 0 Å². The molecule has 124 valence electrons. The molecule has 23 heavy (non-hydrogen) atoms. The van der Waals surface area contributed by atoms with Gasteiger partial charge in [-0.15, -0.1) is 0 Å². The highest BCUT2D eigenvalue weighted by Crippen LogP contribution is 2.32. The number of pyridine rings is 1. The summed E-state index contributed by atoms with van der Waals surface area (Å²) in [5, 5.41) is 0. The predicted octanol–water partition coefficient (Wildman–Crippen LogP) is 3.53. The first-order chi connectivity index (χ1) is 11.2. The number of carbonyl (C=O) groups is 2. The van der Waals surface area contributed by atoms with Gasteiger partial charge in [-0.05, 0) is 44.2 Å². The topological polar surface area (TPSA) is 50.3 Å². The van der Waals surface area contributed by atoms with Crippen LogP contribution in [-0.2, 0) is 4.79 Å². The second kappa shape index (κ2) is 7.24. The molecule has 3 rings (SSSR count). The molecule has 1 aromatic rings. The number of hydrogen-bond donors (Lipinski definition) is 0. The van der Waals surface area contributed by atoms with Gasteiger partial charge in [0.05, 0.1) is 5.56 Å². The zero-order chi connectivity index (χ0) is 16.2. The van der Waals surface area contributed by atoms with Crippen LogP contribution in [0.4, 0.5) is 0 Å². The van der Waals surface area contributed by atoms with Crippen LogP contribution in [0.25, 0.3) is 0 Å². The number of nitrogens with zero attached hydrogens (tertiary/aromatic N) is 2. The van der Waals surface area contributed by atoms with E-state index in [1.807, 2.05) is 17.9 Å². The van der Waals surface area contributed by atoms with E-state index in [0.717, 1.165) is 57.1 Å². The molecule has 0 radical (unpaired) electrons. The molecule has 2 heterocycles. The van der Waals surface area contributed by atoms with Crippen molar-refractivity contribution in [3.63, 3.8) is 0 Å². The van der Waals surface area contributed by atoms with E-state index < -0.39 is 0 Å². The van der Waals surface area contributed by atoms with Crippen molar-refractivity contribution in [2.75, 3.05) is 6.54 Å². The van der Waals surface area contributed by atoms with Crippen LogP contribution in [0.2, 0.25) is 0 Å². The molecule has 1 aromatic heterocycles. The zero-order valence-electron chi connectivity index (χ0n) is 14.0. The number of carbonyl (C=O) groups excluding carboxylic acids is 2. The maximum atomic E-state index is 13.1. The molecular weight excluding hydrogens is 288 g/mol. The molecule has 1 aliphatic heterocycles. The summed E-state index contributed by atoms with van der Waals surface area (Å²) in [4.78, 5) is 31.6. The minimum absolute atomic E-state index is 0.0442. The lowest BCUT2D eigenvalue weighted by atomic mass is 9.80. The molecule has 2 fully saturated rings. The first-order valence-electron chi connectivity index (χ1n) is 8.93. The molecule has 2 unspecified atom stereocenters. The summed E-state index contributed by atoms with van der Waals surface area (Å²) in [5.74, 6) is 0.465. The first-order valence-corrected chi connectivity index (χ1v) is 8.93. The summed E-state index contributed by atoms with van der Waals surface area (Å²) < 4.78 is 0. The molecule has 2 aliphatic rings. The van der Waals surface area contributed by atoms with Gasteiger partial charge in [-0.3, -0.25) is 14.6 Å². The fourth-order valence-electron chi connectivity index (χ4n) is 4.06. The molecular formula is C19H26N2O2. The molecule has 4 heteroatoms. The Bertz CT molecular complexity index is 584. The number of ketones is 1. The van der Waals surface area contributed by atoms with Crippen molar-refractivity contribution >= 4 is 11.7 Å². The number of rotatable bonds is 2. The molecule has 2 atom stereocenters. The third kappa shape index (κ3) is 3.46. The number of Topliss-reactive ketones (excluding diaryl/α,β-unsaturated/α-hetero) is 1. The summed E-state index contributed by atoms with van der Waals surface area (Å²) in [6, 6.07) is 1.96. The highest BCUT2D eigenvalue weighted by molar-refractivity contribution is 5.96. The fraction of sp³-hybridized carbons (Fsp3) is 0.632. The molecule has 0 aromatic carbocycles. The lowest BCUT2D eigenvalue weighted by molar-refractivity contribution is -0.126. The van der Waals surface area contributed by atoms with Gasteiger partial charge in [0.25, 0.3) is 5.91 Å². The second-order valence-corrected chi connectivity index (χ2v) is 6.92. The smallest absolute Gasteiger partial charge is 0.255 e. The fourth-order valence-corrected chi connectivity index (χ4v) is 4.06. The number of hydrogen-bond acceptors (Lipinski definition) is 3. The van der Waals surface area contributed by atoms with E-state index >= 15 is 0 Å². The maximum absolute atomic E-state index is 13.1. The van der Waals surface area contributed by atoms with E-state index in [0.29, 0.717) is 17.8 Å². The number of amides is 1. The first kappa shape index (κ1) is 16.2. The Labute approximate surface area is 138 Å². The zero-order valence-corrected chi connectivity index (χ0v) is 14.0. The lowest BCUT2D eigenvalue weighted by Gasteiger charge is -2.37. The Morgan fingerprint density at radius 2 is 2.00 bits per heavy atom. The monoisotopic (exact) mass is 314 g/mol. The van der Waals surface area contributed by atoms with Crippen molar-refractivity contribution in [2.24, 2.45) is 5.92 Å². The van der Waals surface area contributed by atoms with Gasteiger partial charge in [-0.2, -0.15) is 0 Å². The van der Waals surface area contributed by atoms with Gasteiger partial charge < -0.3 is 4.90 Å². The lowest BCUT2D eigenvalue weighted by Crippen LogP contribution is -2.47. The quantitative estimate of drug-likeness (QED) is 0.839. The molecule has 1 amide bonds. The van der Waals surface area contributed by atoms with Gasteiger partial charge in [-0.1, -0.05) is 19.3 Å². The molecule has 0 N–H and O–H groups in total. The number of aromatic nitrogens is 1. The van der Waals surface area contributed by atoms with Gasteiger partial charge in [-0.25, -0.2) is 0 Å². The molecule has 0 bridgehead atoms. The van der Waals surface area contributed by atoms with E-state index in [4.69, 9.17) is 0 Å². The molecule has 4 nitrogen and oxygen atoms in total. The number of aryl methyl sites for hydroxylation is 1. The Balaban J connectivity index is 1.88. The standard InChI is InChI=1S/C19H26N2O2/c1-14-10-11-20-13-16(14)19(23)21-12-6-2-3-8-17(21)15-7-4-5-9-18(15)22/h10-11,13,15,17H,2-9,12H2,1H3. The summed E-state index contributed by atoms with van der Waals surface area (Å²) in [5.41, 5.74) is 1.64. The summed E-state index contributed by atoms with van der Waals surface area (Å²) in [7, 11) is 0. The van der Waals surface area contributed by atoms with E-state index in [2.05, 4.69) is 4.98 Å². The van der Waals surface area contributed by atoms with E-state index in [1.165, 1.54) is 0 Å². The Morgan fingerprint density at radius 3 is 2.78 bits per heavy atom. The van der Waals surface area contributed by atoms with Crippen molar-refractivity contribution in [1.29, 1.82) is 0 Å². The molecule has 1 saturated carbocycles. The Kier molecular flexibility index (Phi) is 5.09. The molecule has 0 spiro atoms. The summed E-state index contributed by atoms with van der Waals surface area (Å²) >= 11 is 0. The third-order valence-corrected chi connectivity index (χ3v) is 5.40. The molecule has 1 aliphatic carbocycles. The average Bonchev–Trinajstić information content (AvgIpc) is 2.81. The average molecular weight is 314 g/mol. The normalized spacial score (nSPS) is 26.0. The Morgan fingerprint density at radius 1 is 1.17 bits per heavy atom. The van der Waals surface area contributed by atoms with Crippen LogP contribution in [0.5, 0.6) is 0 Å². The molecule has 1 saturated heterocycles. The highest BCUT2D eigenvalue weighted by atomic mass is 16.2. The number of likely N-dealkylation sites (tertiary alicyclic amines) is 1. The van der Waals surface area contributed by atoms with Crippen molar-refractivity contribution in [3.8, 4) is 0 Å². The van der Waals surface area contributed by atoms with Crippen LogP contribution < -0.4 is 0 Å². The summed E-state index contributed by atoms with van der Waals surface area (Å²) in [6.07, 6.45) is 11.4. The van der Waals surface area contributed by atoms with Gasteiger partial charge in [0.2, 0.25) is 0 Å². The van der Waals surface area contributed by atoms with Crippen LogP contribution in [0.3, 0.4) is 0 Å². The van der Waals surface area contributed by atoms with Crippen LogP contribution in [-0.4, -0.2) is 34.2 Å². The summed E-state index contributed by atoms with van der Waals surface area (Å²) in [6.45, 7) is 2.72. The second-order valence-electron chi connectivity index (χ2n) is 6.92. The highest BCUT2D eigenvalue weighted by Gasteiger charge is 2.37. The van der Waals surface area contributed by atoms with Gasteiger partial charge in [0.1, 0.15) is 5.78 Å². The van der Waals surface area contributed by atoms with E-state index in [9.17, 15) is 9.59 Å². The van der Waals surface area contributed by atoms with Crippen LogP contribution in [0.15, 0.2) is 18.5 Å². The largest absolute Gasteiger partial charge is 0.335 e. The predicted molar refractivity (Wildman–Crippen MR) is 89.2 cm³/mol. The van der Waals surface area contributed by atoms with Crippen LogP contribution in [0.1, 0.15) is 67.3 Å². The van der Waals surface area contributed by atoms with Crippen molar-refractivity contribution in [1.82, 2.24) is 9.88 Å². The third-order valence-electron chi connectivity index (χ3n) is 5.40. The maximum Gasteiger partial charge on any atom is 0.255 e. The van der Waals surface area contributed by atoms with E-state index in [-0.39, 0.29) is 17.9 Å². The Hall–Kier alpha value is -1.71. The van der Waals surface area contributed by atoms with E-state index in [1.54, 1.807) is 12.4 Å². The van der Waals surface area contributed by atoms with Crippen LogP contribution in [0, 0.1) is 12.8 Å². The van der Waals surface area contributed by atoms with Crippen molar-refractivity contribution in [2.45, 2.75) is 64.3 Å². The van der Waals surface area contributed by atoms with Gasteiger partial charge in [0.15, 0.2) is 0 Å².